The standard InChI is InChI=1S/C17H15BrN2/c1-2-20-16-6-4-3-5-13(16)7-12-17(20)19-15-10-8-14(18)9-11-15/h3-12H,2H2,1H3. The lowest BCUT2D eigenvalue weighted by Gasteiger charge is -2.09. The van der Waals surface area contributed by atoms with Gasteiger partial charge in [0, 0.05) is 16.5 Å². The molecule has 0 spiro atoms. The normalized spacial score (nSPS) is 12.0. The number of hydrogen-bond donors (Lipinski definition) is 0. The van der Waals surface area contributed by atoms with Crippen LogP contribution in [-0.2, 0) is 6.54 Å². The summed E-state index contributed by atoms with van der Waals surface area (Å²) in [6.07, 6.45) is 0. The van der Waals surface area contributed by atoms with E-state index >= 15 is 0 Å². The van der Waals surface area contributed by atoms with Gasteiger partial charge in [-0.2, -0.15) is 0 Å². The molecule has 20 heavy (non-hydrogen) atoms. The molecule has 3 rings (SSSR count). The molecule has 0 radical (unpaired) electrons. The Morgan fingerprint density at radius 1 is 0.950 bits per heavy atom. The van der Waals surface area contributed by atoms with Crippen LogP contribution < -0.4 is 5.49 Å². The van der Waals surface area contributed by atoms with Crippen LogP contribution >= 0.6 is 15.9 Å². The van der Waals surface area contributed by atoms with Crippen molar-refractivity contribution >= 4 is 32.5 Å². The molecule has 1 heterocycles. The summed E-state index contributed by atoms with van der Waals surface area (Å²) in [5.74, 6) is 0. The SMILES string of the molecule is CCn1c(=Nc2ccc(Br)cc2)ccc2ccccc21. The van der Waals surface area contributed by atoms with Gasteiger partial charge in [0.2, 0.25) is 0 Å². The average Bonchev–Trinajstić information content (AvgIpc) is 2.49. The Balaban J connectivity index is 2.23. The van der Waals surface area contributed by atoms with Gasteiger partial charge in [-0.15, -0.1) is 0 Å². The second kappa shape index (κ2) is 5.63. The molecule has 2 aromatic carbocycles. The second-order valence-corrected chi connectivity index (χ2v) is 5.50. The molecule has 0 saturated heterocycles. The first-order chi connectivity index (χ1) is 9.78. The summed E-state index contributed by atoms with van der Waals surface area (Å²) in [7, 11) is 0. The van der Waals surface area contributed by atoms with E-state index in [-0.39, 0.29) is 0 Å². The van der Waals surface area contributed by atoms with Gasteiger partial charge in [-0.3, -0.25) is 0 Å². The predicted octanol–water partition coefficient (Wildman–Crippen LogP) is 4.66. The van der Waals surface area contributed by atoms with Gasteiger partial charge in [0.1, 0.15) is 5.49 Å². The van der Waals surface area contributed by atoms with Gasteiger partial charge < -0.3 is 4.57 Å². The molecule has 1 aromatic heterocycles. The van der Waals surface area contributed by atoms with Crippen molar-refractivity contribution in [2.75, 3.05) is 0 Å². The predicted molar refractivity (Wildman–Crippen MR) is 87.0 cm³/mol. The Bertz CT molecular complexity index is 801. The number of para-hydroxylation sites is 1. The van der Waals surface area contributed by atoms with Crippen molar-refractivity contribution in [1.29, 1.82) is 0 Å². The first kappa shape index (κ1) is 13.1. The molecule has 0 aliphatic heterocycles. The van der Waals surface area contributed by atoms with E-state index in [1.54, 1.807) is 0 Å². The lowest BCUT2D eigenvalue weighted by Crippen LogP contribution is -2.19. The van der Waals surface area contributed by atoms with Crippen molar-refractivity contribution < 1.29 is 0 Å². The fourth-order valence-corrected chi connectivity index (χ4v) is 2.59. The van der Waals surface area contributed by atoms with E-state index in [4.69, 9.17) is 4.99 Å². The Labute approximate surface area is 126 Å². The zero-order chi connectivity index (χ0) is 13.9. The summed E-state index contributed by atoms with van der Waals surface area (Å²) in [6, 6.07) is 20.6. The van der Waals surface area contributed by atoms with Crippen LogP contribution in [0.1, 0.15) is 6.92 Å². The van der Waals surface area contributed by atoms with E-state index in [0.717, 1.165) is 22.2 Å². The van der Waals surface area contributed by atoms with Crippen molar-refractivity contribution in [2.45, 2.75) is 13.5 Å². The maximum atomic E-state index is 4.75. The highest BCUT2D eigenvalue weighted by Gasteiger charge is 1.99. The second-order valence-electron chi connectivity index (χ2n) is 4.58. The van der Waals surface area contributed by atoms with E-state index in [2.05, 4.69) is 63.8 Å². The fourth-order valence-electron chi connectivity index (χ4n) is 2.33. The lowest BCUT2D eigenvalue weighted by atomic mass is 10.2. The quantitative estimate of drug-likeness (QED) is 0.652. The number of halogens is 1. The van der Waals surface area contributed by atoms with Crippen LogP contribution in [0.4, 0.5) is 5.69 Å². The molecule has 0 saturated carbocycles. The number of nitrogens with zero attached hydrogens (tertiary/aromatic N) is 2. The molecule has 0 N–H and O–H groups in total. The molecular formula is C17H15BrN2. The molecule has 0 aliphatic rings. The number of fused-ring (bicyclic) bond motifs is 1. The number of pyridine rings is 1. The van der Waals surface area contributed by atoms with Crippen molar-refractivity contribution in [3.8, 4) is 0 Å². The summed E-state index contributed by atoms with van der Waals surface area (Å²) < 4.78 is 3.30. The molecule has 3 aromatic rings. The summed E-state index contributed by atoms with van der Waals surface area (Å²) in [5.41, 5.74) is 3.16. The van der Waals surface area contributed by atoms with Crippen LogP contribution in [0.15, 0.2) is 70.1 Å². The minimum absolute atomic E-state index is 0.900. The number of benzene rings is 2. The Morgan fingerprint density at radius 2 is 1.70 bits per heavy atom. The summed E-state index contributed by atoms with van der Waals surface area (Å²) in [5, 5.41) is 1.24. The van der Waals surface area contributed by atoms with Crippen LogP contribution in [0.5, 0.6) is 0 Å². The molecule has 0 atom stereocenters. The molecule has 0 fully saturated rings. The van der Waals surface area contributed by atoms with Crippen molar-refractivity contribution in [3.63, 3.8) is 0 Å². The van der Waals surface area contributed by atoms with E-state index < -0.39 is 0 Å². The lowest BCUT2D eigenvalue weighted by molar-refractivity contribution is 0.745. The number of aromatic nitrogens is 1. The van der Waals surface area contributed by atoms with E-state index in [0.29, 0.717) is 0 Å². The van der Waals surface area contributed by atoms with Crippen LogP contribution in [0.25, 0.3) is 10.9 Å². The first-order valence-corrected chi connectivity index (χ1v) is 7.46. The topological polar surface area (TPSA) is 17.3 Å². The number of rotatable bonds is 2. The fraction of sp³-hybridized carbons (Fsp3) is 0.118. The maximum Gasteiger partial charge on any atom is 0.133 e. The highest BCUT2D eigenvalue weighted by atomic mass is 79.9. The molecule has 3 heteroatoms. The Kier molecular flexibility index (Phi) is 3.70. The third kappa shape index (κ3) is 2.54. The van der Waals surface area contributed by atoms with Gasteiger partial charge in [-0.05, 0) is 54.8 Å². The maximum absolute atomic E-state index is 4.75. The minimum atomic E-state index is 0.900. The van der Waals surface area contributed by atoms with Crippen LogP contribution in [-0.4, -0.2) is 4.57 Å². The molecule has 2 nitrogen and oxygen atoms in total. The van der Waals surface area contributed by atoms with Crippen LogP contribution in [0.3, 0.4) is 0 Å². The van der Waals surface area contributed by atoms with Gasteiger partial charge in [0.15, 0.2) is 0 Å². The smallest absolute Gasteiger partial charge is 0.133 e. The minimum Gasteiger partial charge on any atom is -0.326 e. The van der Waals surface area contributed by atoms with Gasteiger partial charge >= 0.3 is 0 Å². The summed E-state index contributed by atoms with van der Waals surface area (Å²) in [6.45, 7) is 3.05. The molecule has 0 bridgehead atoms. The van der Waals surface area contributed by atoms with Crippen LogP contribution in [0.2, 0.25) is 0 Å². The molecule has 100 valence electrons. The number of hydrogen-bond acceptors (Lipinski definition) is 1. The first-order valence-electron chi connectivity index (χ1n) is 6.67. The molecular weight excluding hydrogens is 312 g/mol. The summed E-state index contributed by atoms with van der Waals surface area (Å²) in [4.78, 5) is 4.75. The highest BCUT2D eigenvalue weighted by molar-refractivity contribution is 9.10. The third-order valence-corrected chi connectivity index (χ3v) is 3.83. The summed E-state index contributed by atoms with van der Waals surface area (Å²) >= 11 is 3.44. The van der Waals surface area contributed by atoms with E-state index in [1.807, 2.05) is 24.3 Å². The van der Waals surface area contributed by atoms with E-state index in [9.17, 15) is 0 Å². The van der Waals surface area contributed by atoms with Gasteiger partial charge in [-0.25, -0.2) is 4.99 Å². The molecule has 0 unspecified atom stereocenters. The third-order valence-electron chi connectivity index (χ3n) is 3.30. The van der Waals surface area contributed by atoms with Gasteiger partial charge in [-0.1, -0.05) is 34.1 Å². The van der Waals surface area contributed by atoms with E-state index in [1.165, 1.54) is 10.9 Å². The number of aryl methyl sites for hydroxylation is 1. The molecule has 0 amide bonds. The monoisotopic (exact) mass is 326 g/mol. The van der Waals surface area contributed by atoms with Gasteiger partial charge in [0.05, 0.1) is 5.69 Å². The van der Waals surface area contributed by atoms with Crippen molar-refractivity contribution in [2.24, 2.45) is 4.99 Å². The van der Waals surface area contributed by atoms with Crippen molar-refractivity contribution in [3.05, 3.63) is 70.6 Å². The zero-order valence-corrected chi connectivity index (χ0v) is 12.8. The Hall–Kier alpha value is -1.87. The van der Waals surface area contributed by atoms with Gasteiger partial charge in [0.25, 0.3) is 0 Å². The van der Waals surface area contributed by atoms with Crippen LogP contribution in [0, 0.1) is 0 Å². The zero-order valence-electron chi connectivity index (χ0n) is 11.3. The molecule has 0 aliphatic carbocycles. The Morgan fingerprint density at radius 3 is 2.45 bits per heavy atom. The largest absolute Gasteiger partial charge is 0.326 e. The highest BCUT2D eigenvalue weighted by Crippen LogP contribution is 2.16. The average molecular weight is 327 g/mol. The van der Waals surface area contributed by atoms with Crippen molar-refractivity contribution in [1.82, 2.24) is 4.57 Å².